The summed E-state index contributed by atoms with van der Waals surface area (Å²) in [5.41, 5.74) is 0.390. The smallest absolute Gasteiger partial charge is 0.258 e. The van der Waals surface area contributed by atoms with Gasteiger partial charge in [-0.25, -0.2) is 0 Å². The van der Waals surface area contributed by atoms with Crippen molar-refractivity contribution in [1.29, 1.82) is 0 Å². The van der Waals surface area contributed by atoms with E-state index in [0.29, 0.717) is 5.56 Å². The van der Waals surface area contributed by atoms with E-state index in [0.717, 1.165) is 0 Å². The third-order valence-corrected chi connectivity index (χ3v) is 1.96. The van der Waals surface area contributed by atoms with Gasteiger partial charge in [-0.05, 0) is 6.07 Å². The van der Waals surface area contributed by atoms with Gasteiger partial charge in [-0.2, -0.15) is 4.98 Å². The monoisotopic (exact) mass is 207 g/mol. The predicted octanol–water partition coefficient (Wildman–Crippen LogP) is -0.0724. The first-order chi connectivity index (χ1) is 7.20. The summed E-state index contributed by atoms with van der Waals surface area (Å²) < 4.78 is 6.30. The molecular formula is C9H9N3O3. The highest BCUT2D eigenvalue weighted by atomic mass is 16.5. The molecule has 0 aromatic carbocycles. The van der Waals surface area contributed by atoms with Crippen molar-refractivity contribution in [3.8, 4) is 11.5 Å². The van der Waals surface area contributed by atoms with Crippen LogP contribution in [-0.2, 0) is 13.7 Å². The summed E-state index contributed by atoms with van der Waals surface area (Å²) in [6.45, 7) is -0.283. The molecule has 0 radical (unpaired) electrons. The van der Waals surface area contributed by atoms with Crippen LogP contribution in [0.3, 0.4) is 0 Å². The molecule has 2 aromatic rings. The van der Waals surface area contributed by atoms with Gasteiger partial charge in [-0.15, -0.1) is 0 Å². The number of aliphatic hydroxyl groups excluding tert-OH is 1. The van der Waals surface area contributed by atoms with Crippen molar-refractivity contribution < 1.29 is 9.63 Å². The molecule has 6 nitrogen and oxygen atoms in total. The van der Waals surface area contributed by atoms with Crippen LogP contribution in [0.15, 0.2) is 27.6 Å². The molecule has 0 spiro atoms. The van der Waals surface area contributed by atoms with Crippen LogP contribution in [0.2, 0.25) is 0 Å². The Hall–Kier alpha value is -1.95. The molecule has 2 aromatic heterocycles. The molecule has 0 aliphatic heterocycles. The molecule has 0 saturated heterocycles. The maximum absolute atomic E-state index is 11.3. The topological polar surface area (TPSA) is 81.2 Å². The van der Waals surface area contributed by atoms with Gasteiger partial charge < -0.3 is 14.2 Å². The Labute approximate surface area is 84.8 Å². The zero-order valence-corrected chi connectivity index (χ0v) is 8.04. The maximum Gasteiger partial charge on any atom is 0.258 e. The molecule has 0 saturated carbocycles. The van der Waals surface area contributed by atoms with E-state index in [9.17, 15) is 4.79 Å². The van der Waals surface area contributed by atoms with Gasteiger partial charge in [0, 0.05) is 24.9 Å². The summed E-state index contributed by atoms with van der Waals surface area (Å²) in [7, 11) is 1.65. The van der Waals surface area contributed by atoms with E-state index in [1.807, 2.05) is 0 Å². The zero-order valence-electron chi connectivity index (χ0n) is 8.04. The molecular weight excluding hydrogens is 198 g/mol. The maximum atomic E-state index is 11.3. The van der Waals surface area contributed by atoms with Gasteiger partial charge in [0.2, 0.25) is 0 Å². The fourth-order valence-corrected chi connectivity index (χ4v) is 1.12. The summed E-state index contributed by atoms with van der Waals surface area (Å²) >= 11 is 0. The first-order valence-corrected chi connectivity index (χ1v) is 4.31. The lowest BCUT2D eigenvalue weighted by Gasteiger charge is -1.96. The van der Waals surface area contributed by atoms with E-state index in [1.54, 1.807) is 19.3 Å². The SMILES string of the molecule is Cn1ccc(-c2nc(CO)no2)cc1=O. The van der Waals surface area contributed by atoms with E-state index < -0.39 is 0 Å². The minimum Gasteiger partial charge on any atom is -0.388 e. The van der Waals surface area contributed by atoms with E-state index >= 15 is 0 Å². The number of aryl methyl sites for hydroxylation is 1. The Morgan fingerprint density at radius 3 is 3.00 bits per heavy atom. The van der Waals surface area contributed by atoms with Crippen LogP contribution in [0, 0.1) is 0 Å². The highest BCUT2D eigenvalue weighted by molar-refractivity contribution is 5.51. The van der Waals surface area contributed by atoms with Crippen molar-refractivity contribution in [2.45, 2.75) is 6.61 Å². The first kappa shape index (κ1) is 9.60. The van der Waals surface area contributed by atoms with Gasteiger partial charge in [-0.3, -0.25) is 4.79 Å². The summed E-state index contributed by atoms with van der Waals surface area (Å²) in [6, 6.07) is 3.09. The minimum absolute atomic E-state index is 0.156. The standard InChI is InChI=1S/C9H9N3O3/c1-12-3-2-6(4-8(12)14)9-10-7(5-13)11-15-9/h2-4,13H,5H2,1H3. The fourth-order valence-electron chi connectivity index (χ4n) is 1.12. The summed E-state index contributed by atoms with van der Waals surface area (Å²) in [5, 5.41) is 12.3. The van der Waals surface area contributed by atoms with Crippen LogP contribution in [0.4, 0.5) is 0 Å². The first-order valence-electron chi connectivity index (χ1n) is 4.31. The van der Waals surface area contributed by atoms with E-state index in [1.165, 1.54) is 10.6 Å². The number of aromatic nitrogens is 3. The van der Waals surface area contributed by atoms with Crippen molar-refractivity contribution in [2.75, 3.05) is 0 Å². The van der Waals surface area contributed by atoms with Gasteiger partial charge in [0.1, 0.15) is 6.61 Å². The number of hydrogen-bond donors (Lipinski definition) is 1. The van der Waals surface area contributed by atoms with E-state index in [-0.39, 0.29) is 23.9 Å². The minimum atomic E-state index is -0.283. The quantitative estimate of drug-likeness (QED) is 0.745. The van der Waals surface area contributed by atoms with Crippen LogP contribution in [0.25, 0.3) is 11.5 Å². The van der Waals surface area contributed by atoms with Gasteiger partial charge in [0.25, 0.3) is 11.4 Å². The third kappa shape index (κ3) is 1.79. The second-order valence-corrected chi connectivity index (χ2v) is 3.04. The molecule has 0 bridgehead atoms. The molecule has 0 aliphatic carbocycles. The lowest BCUT2D eigenvalue weighted by atomic mass is 10.2. The van der Waals surface area contributed by atoms with Crippen LogP contribution in [0.5, 0.6) is 0 Å². The molecule has 0 atom stereocenters. The van der Waals surface area contributed by atoms with Gasteiger partial charge in [-0.1, -0.05) is 5.16 Å². The number of pyridine rings is 1. The predicted molar refractivity (Wildman–Crippen MR) is 50.9 cm³/mol. The highest BCUT2D eigenvalue weighted by Gasteiger charge is 2.08. The normalized spacial score (nSPS) is 10.5. The van der Waals surface area contributed by atoms with Crippen molar-refractivity contribution in [3.05, 3.63) is 34.5 Å². The summed E-state index contributed by atoms with van der Waals surface area (Å²) in [4.78, 5) is 15.2. The Bertz CT molecular complexity index is 529. The van der Waals surface area contributed by atoms with Gasteiger partial charge >= 0.3 is 0 Å². The summed E-state index contributed by atoms with van der Waals surface area (Å²) in [5.74, 6) is 0.433. The Morgan fingerprint density at radius 2 is 2.40 bits per heavy atom. The number of aliphatic hydroxyl groups is 1. The average molecular weight is 207 g/mol. The summed E-state index contributed by atoms with van der Waals surface area (Å²) in [6.07, 6.45) is 1.61. The zero-order chi connectivity index (χ0) is 10.8. The molecule has 0 aliphatic rings. The molecule has 0 fully saturated rings. The van der Waals surface area contributed by atoms with Crippen LogP contribution in [-0.4, -0.2) is 19.8 Å². The van der Waals surface area contributed by atoms with Crippen molar-refractivity contribution in [3.63, 3.8) is 0 Å². The Kier molecular flexibility index (Phi) is 2.34. The van der Waals surface area contributed by atoms with Gasteiger partial charge in [0.15, 0.2) is 5.82 Å². The van der Waals surface area contributed by atoms with Crippen LogP contribution in [0.1, 0.15) is 5.82 Å². The van der Waals surface area contributed by atoms with Gasteiger partial charge in [0.05, 0.1) is 0 Å². The Morgan fingerprint density at radius 1 is 1.60 bits per heavy atom. The number of rotatable bonds is 2. The Balaban J connectivity index is 2.45. The van der Waals surface area contributed by atoms with Crippen molar-refractivity contribution >= 4 is 0 Å². The van der Waals surface area contributed by atoms with Crippen molar-refractivity contribution in [1.82, 2.24) is 14.7 Å². The number of nitrogens with zero attached hydrogens (tertiary/aromatic N) is 3. The average Bonchev–Trinajstić information content (AvgIpc) is 2.70. The van der Waals surface area contributed by atoms with Crippen LogP contribution < -0.4 is 5.56 Å². The lowest BCUT2D eigenvalue weighted by Crippen LogP contribution is -2.14. The molecule has 2 heterocycles. The molecule has 0 unspecified atom stereocenters. The number of hydrogen-bond acceptors (Lipinski definition) is 5. The molecule has 6 heteroatoms. The van der Waals surface area contributed by atoms with E-state index in [2.05, 4.69) is 10.1 Å². The van der Waals surface area contributed by atoms with Crippen molar-refractivity contribution in [2.24, 2.45) is 7.05 Å². The molecule has 1 N–H and O–H groups in total. The fraction of sp³-hybridized carbons (Fsp3) is 0.222. The lowest BCUT2D eigenvalue weighted by molar-refractivity contribution is 0.264. The molecule has 2 rings (SSSR count). The third-order valence-electron chi connectivity index (χ3n) is 1.96. The highest BCUT2D eigenvalue weighted by Crippen LogP contribution is 2.14. The second-order valence-electron chi connectivity index (χ2n) is 3.04. The molecule has 15 heavy (non-hydrogen) atoms. The largest absolute Gasteiger partial charge is 0.388 e. The second kappa shape index (κ2) is 3.66. The molecule has 78 valence electrons. The van der Waals surface area contributed by atoms with E-state index in [4.69, 9.17) is 9.63 Å². The molecule has 0 amide bonds. The van der Waals surface area contributed by atoms with Crippen LogP contribution >= 0.6 is 0 Å².